The van der Waals surface area contributed by atoms with Gasteiger partial charge in [-0.1, -0.05) is 0 Å². The monoisotopic (exact) mass is 513 g/mol. The number of ether oxygens (including phenoxy) is 9. The quantitative estimate of drug-likeness (QED) is 0.132. The van der Waals surface area contributed by atoms with Crippen LogP contribution in [0.15, 0.2) is 0 Å². The van der Waals surface area contributed by atoms with E-state index in [1.165, 1.54) is 0 Å². The zero-order valence-corrected chi connectivity index (χ0v) is 21.6. The maximum Gasteiger partial charge on any atom is 0.305 e. The summed E-state index contributed by atoms with van der Waals surface area (Å²) in [5.74, 6) is -0.870. The highest BCUT2D eigenvalue weighted by atomic mass is 16.6. The smallest absolute Gasteiger partial charge is 0.305 e. The van der Waals surface area contributed by atoms with Crippen LogP contribution in [-0.2, 0) is 47.4 Å². The first-order valence-corrected chi connectivity index (χ1v) is 12.2. The average Bonchev–Trinajstić information content (AvgIpc) is 2.82. The minimum absolute atomic E-state index is 0.00346. The minimum atomic E-state index is -0.870. The third-order valence-corrected chi connectivity index (χ3v) is 4.12. The lowest BCUT2D eigenvalue weighted by molar-refractivity contribution is -0.138. The molecule has 0 bridgehead atoms. The number of rotatable bonds is 30. The maximum atomic E-state index is 10.3. The molecule has 0 fully saturated rings. The molecule has 0 saturated heterocycles. The fourth-order valence-corrected chi connectivity index (χ4v) is 2.27. The molecule has 0 aliphatic rings. The van der Waals surface area contributed by atoms with E-state index in [2.05, 4.69) is 4.90 Å². The van der Waals surface area contributed by atoms with Crippen LogP contribution in [0.4, 0.5) is 0 Å². The fourth-order valence-electron chi connectivity index (χ4n) is 2.27. The molecule has 12 heteroatoms. The van der Waals surface area contributed by atoms with Crippen LogP contribution in [0.25, 0.3) is 0 Å². The summed E-state index contributed by atoms with van der Waals surface area (Å²) in [6, 6.07) is 0. The largest absolute Gasteiger partial charge is 0.481 e. The van der Waals surface area contributed by atoms with Crippen LogP contribution in [-0.4, -0.2) is 156 Å². The third-order valence-electron chi connectivity index (χ3n) is 4.12. The van der Waals surface area contributed by atoms with Crippen LogP contribution in [0.5, 0.6) is 0 Å². The highest BCUT2D eigenvalue weighted by Crippen LogP contribution is 1.87. The van der Waals surface area contributed by atoms with Crippen molar-refractivity contribution < 1.29 is 52.5 Å². The molecular formula is C23H47NO11. The fraction of sp³-hybridized carbons (Fsp3) is 0.957. The zero-order chi connectivity index (χ0) is 25.7. The summed E-state index contributed by atoms with van der Waals surface area (Å²) in [4.78, 5) is 12.4. The summed E-state index contributed by atoms with van der Waals surface area (Å²) in [6.45, 7) is 9.83. The van der Waals surface area contributed by atoms with Gasteiger partial charge in [-0.2, -0.15) is 0 Å². The Morgan fingerprint density at radius 2 is 0.686 bits per heavy atom. The van der Waals surface area contributed by atoms with Gasteiger partial charge in [-0.15, -0.1) is 0 Å². The van der Waals surface area contributed by atoms with Crippen molar-refractivity contribution in [1.82, 2.24) is 4.90 Å². The lowest BCUT2D eigenvalue weighted by atomic mass is 10.5. The summed E-state index contributed by atoms with van der Waals surface area (Å²) in [5.41, 5.74) is 0. The van der Waals surface area contributed by atoms with Gasteiger partial charge in [0.25, 0.3) is 0 Å². The second-order valence-electron chi connectivity index (χ2n) is 7.46. The van der Waals surface area contributed by atoms with E-state index in [9.17, 15) is 4.79 Å². The molecule has 0 atom stereocenters. The van der Waals surface area contributed by atoms with E-state index in [0.717, 1.165) is 6.54 Å². The van der Waals surface area contributed by atoms with Gasteiger partial charge in [0.1, 0.15) is 0 Å². The Hall–Kier alpha value is -0.930. The molecule has 0 heterocycles. The normalized spacial score (nSPS) is 11.5. The van der Waals surface area contributed by atoms with Gasteiger partial charge in [-0.05, 0) is 14.1 Å². The Bertz CT molecular complexity index is 430. The van der Waals surface area contributed by atoms with Gasteiger partial charge in [0.05, 0.1) is 125 Å². The third kappa shape index (κ3) is 33.1. The van der Waals surface area contributed by atoms with Crippen molar-refractivity contribution in [2.45, 2.75) is 6.42 Å². The van der Waals surface area contributed by atoms with E-state index in [4.69, 9.17) is 47.7 Å². The first-order valence-electron chi connectivity index (χ1n) is 12.2. The van der Waals surface area contributed by atoms with Gasteiger partial charge in [0.15, 0.2) is 0 Å². The number of hydrogen-bond donors (Lipinski definition) is 1. The standard InChI is InChI=1S/C23H47NO11/c1-24(2)4-6-28-8-10-30-12-14-32-16-18-34-20-22-35-21-19-33-17-15-31-13-11-29-9-7-27-5-3-23(25)26/h3-22H2,1-2H3,(H,25,26). The molecule has 35 heavy (non-hydrogen) atoms. The topological polar surface area (TPSA) is 124 Å². The Labute approximate surface area is 210 Å². The number of aliphatic carboxylic acids is 1. The molecule has 0 aliphatic heterocycles. The number of likely N-dealkylation sites (N-methyl/N-ethyl adjacent to an activating group) is 1. The van der Waals surface area contributed by atoms with Crippen LogP contribution in [0.2, 0.25) is 0 Å². The maximum absolute atomic E-state index is 10.3. The van der Waals surface area contributed by atoms with Crippen molar-refractivity contribution in [1.29, 1.82) is 0 Å². The predicted molar refractivity (Wildman–Crippen MR) is 128 cm³/mol. The van der Waals surface area contributed by atoms with Crippen molar-refractivity contribution in [3.8, 4) is 0 Å². The molecule has 0 rings (SSSR count). The Balaban J connectivity index is 3.02. The summed E-state index contributed by atoms with van der Waals surface area (Å²) in [7, 11) is 4.03. The Morgan fingerprint density at radius 1 is 0.457 bits per heavy atom. The van der Waals surface area contributed by atoms with Crippen molar-refractivity contribution in [3.05, 3.63) is 0 Å². The highest BCUT2D eigenvalue weighted by Gasteiger charge is 1.97. The van der Waals surface area contributed by atoms with Crippen LogP contribution in [0, 0.1) is 0 Å². The molecule has 0 amide bonds. The molecule has 0 aromatic carbocycles. The lowest BCUT2D eigenvalue weighted by Gasteiger charge is -2.10. The molecule has 0 spiro atoms. The second-order valence-corrected chi connectivity index (χ2v) is 7.46. The van der Waals surface area contributed by atoms with Crippen LogP contribution in [0.3, 0.4) is 0 Å². The number of carboxylic acid groups (broad SMARTS) is 1. The van der Waals surface area contributed by atoms with E-state index < -0.39 is 5.97 Å². The Kier molecular flexibility index (Phi) is 28.5. The summed E-state index contributed by atoms with van der Waals surface area (Å²) in [6.07, 6.45) is 0.00346. The number of hydrogen-bond acceptors (Lipinski definition) is 11. The molecular weight excluding hydrogens is 466 g/mol. The molecule has 0 aromatic rings. The van der Waals surface area contributed by atoms with E-state index in [1.807, 2.05) is 14.1 Å². The predicted octanol–water partition coefficient (Wildman–Crippen LogP) is 0.172. The van der Waals surface area contributed by atoms with Gasteiger partial charge in [0, 0.05) is 6.54 Å². The first kappa shape index (κ1) is 34.1. The average molecular weight is 514 g/mol. The van der Waals surface area contributed by atoms with E-state index >= 15 is 0 Å². The molecule has 0 saturated carbocycles. The van der Waals surface area contributed by atoms with Gasteiger partial charge in [-0.25, -0.2) is 0 Å². The second kappa shape index (κ2) is 29.3. The van der Waals surface area contributed by atoms with Crippen molar-refractivity contribution in [2.75, 3.05) is 140 Å². The van der Waals surface area contributed by atoms with Crippen LogP contribution >= 0.6 is 0 Å². The number of carboxylic acids is 1. The highest BCUT2D eigenvalue weighted by molar-refractivity contribution is 5.66. The number of carbonyl (C=O) groups is 1. The molecule has 0 aromatic heterocycles. The molecule has 1 N–H and O–H groups in total. The van der Waals surface area contributed by atoms with Crippen molar-refractivity contribution >= 4 is 5.97 Å². The van der Waals surface area contributed by atoms with Crippen LogP contribution in [0.1, 0.15) is 6.42 Å². The minimum Gasteiger partial charge on any atom is -0.481 e. The zero-order valence-electron chi connectivity index (χ0n) is 21.6. The lowest BCUT2D eigenvalue weighted by Crippen LogP contribution is -2.19. The van der Waals surface area contributed by atoms with Crippen molar-refractivity contribution in [2.24, 2.45) is 0 Å². The van der Waals surface area contributed by atoms with Crippen LogP contribution < -0.4 is 0 Å². The van der Waals surface area contributed by atoms with Gasteiger partial charge in [-0.3, -0.25) is 4.79 Å². The van der Waals surface area contributed by atoms with E-state index in [-0.39, 0.29) is 13.0 Å². The molecule has 210 valence electrons. The van der Waals surface area contributed by atoms with Gasteiger partial charge < -0.3 is 52.6 Å². The summed E-state index contributed by atoms with van der Waals surface area (Å²) >= 11 is 0. The SMILES string of the molecule is CN(C)CCOCCOCCOCCOCCOCCOCCOCCOCCOCCC(=O)O. The van der Waals surface area contributed by atoms with E-state index in [0.29, 0.717) is 112 Å². The van der Waals surface area contributed by atoms with Crippen molar-refractivity contribution in [3.63, 3.8) is 0 Å². The molecule has 0 aliphatic carbocycles. The summed E-state index contributed by atoms with van der Waals surface area (Å²) < 4.78 is 48.3. The summed E-state index contributed by atoms with van der Waals surface area (Å²) in [5, 5.41) is 8.46. The first-order chi connectivity index (χ1) is 17.1. The molecule has 0 unspecified atom stereocenters. The number of nitrogens with zero attached hydrogens (tertiary/aromatic N) is 1. The van der Waals surface area contributed by atoms with Gasteiger partial charge >= 0.3 is 5.97 Å². The Morgan fingerprint density at radius 3 is 0.914 bits per heavy atom. The molecule has 0 radical (unpaired) electrons. The van der Waals surface area contributed by atoms with Gasteiger partial charge in [0.2, 0.25) is 0 Å². The molecule has 12 nitrogen and oxygen atoms in total. The van der Waals surface area contributed by atoms with E-state index in [1.54, 1.807) is 0 Å².